The number of phenolic OH excluding ortho intramolecular Hbond substituents is 2. The van der Waals surface area contributed by atoms with Crippen molar-refractivity contribution in [3.05, 3.63) is 23.8 Å². The molecule has 0 aliphatic rings. The average molecular weight is 255 g/mol. The molecule has 0 aliphatic carbocycles. The van der Waals surface area contributed by atoms with Crippen molar-refractivity contribution >= 4 is 17.7 Å². The maximum atomic E-state index is 11.8. The average Bonchev–Trinajstić information content (AvgIpc) is 2.30. The minimum absolute atomic E-state index is 0.0888. The highest BCUT2D eigenvalue weighted by Crippen LogP contribution is 2.24. The molecule has 17 heavy (non-hydrogen) atoms. The van der Waals surface area contributed by atoms with Crippen LogP contribution in [0.1, 0.15) is 23.7 Å². The summed E-state index contributed by atoms with van der Waals surface area (Å²) in [5, 5.41) is 21.3. The number of benzene rings is 1. The van der Waals surface area contributed by atoms with E-state index in [9.17, 15) is 9.90 Å². The predicted molar refractivity (Wildman–Crippen MR) is 69.7 cm³/mol. The molecule has 1 rings (SSSR count). The molecule has 3 N–H and O–H groups in total. The lowest BCUT2D eigenvalue weighted by atomic mass is 10.1. The number of aromatic hydroxyl groups is 2. The first-order valence-electron chi connectivity index (χ1n) is 5.36. The summed E-state index contributed by atoms with van der Waals surface area (Å²) in [6.07, 6.45) is 2.92. The number of hydrogen-bond acceptors (Lipinski definition) is 4. The fourth-order valence-electron chi connectivity index (χ4n) is 1.34. The molecule has 1 amide bonds. The van der Waals surface area contributed by atoms with Gasteiger partial charge in [-0.05, 0) is 43.6 Å². The van der Waals surface area contributed by atoms with Gasteiger partial charge in [0.15, 0.2) is 11.5 Å². The fraction of sp³-hybridized carbons (Fsp3) is 0.417. The smallest absolute Gasteiger partial charge is 0.251 e. The van der Waals surface area contributed by atoms with E-state index in [0.717, 1.165) is 12.2 Å². The second kappa shape index (κ2) is 6.39. The lowest BCUT2D eigenvalue weighted by Gasteiger charge is -2.13. The number of thioether (sulfide) groups is 1. The Balaban J connectivity index is 2.60. The highest BCUT2D eigenvalue weighted by atomic mass is 32.2. The molecule has 0 bridgehead atoms. The van der Waals surface area contributed by atoms with Crippen LogP contribution in [0.5, 0.6) is 11.5 Å². The molecule has 0 saturated carbocycles. The minimum atomic E-state index is -0.283. The van der Waals surface area contributed by atoms with Gasteiger partial charge in [0, 0.05) is 11.6 Å². The van der Waals surface area contributed by atoms with E-state index in [1.165, 1.54) is 18.2 Å². The monoisotopic (exact) mass is 255 g/mol. The van der Waals surface area contributed by atoms with Crippen LogP contribution in [0.3, 0.4) is 0 Å². The van der Waals surface area contributed by atoms with Crippen molar-refractivity contribution in [1.29, 1.82) is 0 Å². The molecule has 5 heteroatoms. The van der Waals surface area contributed by atoms with E-state index in [1.807, 2.05) is 13.2 Å². The zero-order valence-electron chi connectivity index (χ0n) is 9.93. The standard InChI is InChI=1S/C12H17NO3S/c1-8(5-6-17-2)13-12(16)9-3-4-10(14)11(15)7-9/h3-4,7-8,14-15H,5-6H2,1-2H3,(H,13,16). The number of rotatable bonds is 5. The second-order valence-electron chi connectivity index (χ2n) is 3.86. The third-order valence-electron chi connectivity index (χ3n) is 2.37. The van der Waals surface area contributed by atoms with Crippen LogP contribution in [0, 0.1) is 0 Å². The van der Waals surface area contributed by atoms with Gasteiger partial charge in [-0.3, -0.25) is 4.79 Å². The molecular formula is C12H17NO3S. The van der Waals surface area contributed by atoms with Gasteiger partial charge in [0.05, 0.1) is 0 Å². The highest BCUT2D eigenvalue weighted by Gasteiger charge is 2.11. The molecule has 0 saturated heterocycles. The van der Waals surface area contributed by atoms with Crippen molar-refractivity contribution in [1.82, 2.24) is 5.32 Å². The van der Waals surface area contributed by atoms with Crippen LogP contribution >= 0.6 is 11.8 Å². The van der Waals surface area contributed by atoms with Gasteiger partial charge >= 0.3 is 0 Å². The summed E-state index contributed by atoms with van der Waals surface area (Å²) in [4.78, 5) is 11.8. The molecule has 0 spiro atoms. The van der Waals surface area contributed by atoms with Gasteiger partial charge in [-0.15, -0.1) is 0 Å². The number of carbonyl (C=O) groups excluding carboxylic acids is 1. The minimum Gasteiger partial charge on any atom is -0.504 e. The molecule has 4 nitrogen and oxygen atoms in total. The maximum absolute atomic E-state index is 11.8. The lowest BCUT2D eigenvalue weighted by Crippen LogP contribution is -2.32. The normalized spacial score (nSPS) is 12.1. The molecular weight excluding hydrogens is 238 g/mol. The molecule has 94 valence electrons. The summed E-state index contributed by atoms with van der Waals surface area (Å²) in [6.45, 7) is 1.94. The van der Waals surface area contributed by atoms with Crippen molar-refractivity contribution in [2.24, 2.45) is 0 Å². The first-order chi connectivity index (χ1) is 8.04. The summed E-state index contributed by atoms with van der Waals surface area (Å²) < 4.78 is 0. The number of nitrogens with one attached hydrogen (secondary N) is 1. The Labute approximate surface area is 105 Å². The Bertz CT molecular complexity index is 395. The van der Waals surface area contributed by atoms with Crippen LogP contribution in [-0.2, 0) is 0 Å². The van der Waals surface area contributed by atoms with Crippen LogP contribution in [0.15, 0.2) is 18.2 Å². The third-order valence-corrected chi connectivity index (χ3v) is 3.01. The predicted octanol–water partition coefficient (Wildman–Crippen LogP) is 1.97. The van der Waals surface area contributed by atoms with Gasteiger partial charge in [-0.2, -0.15) is 11.8 Å². The maximum Gasteiger partial charge on any atom is 0.251 e. The number of carbonyl (C=O) groups is 1. The second-order valence-corrected chi connectivity index (χ2v) is 4.85. The van der Waals surface area contributed by atoms with Gasteiger partial charge in [-0.25, -0.2) is 0 Å². The molecule has 1 aromatic rings. The summed E-state index contributed by atoms with van der Waals surface area (Å²) >= 11 is 1.73. The van der Waals surface area contributed by atoms with E-state index in [1.54, 1.807) is 11.8 Å². The largest absolute Gasteiger partial charge is 0.504 e. The molecule has 0 aliphatic heterocycles. The van der Waals surface area contributed by atoms with Gasteiger partial charge in [0.25, 0.3) is 5.91 Å². The van der Waals surface area contributed by atoms with E-state index < -0.39 is 0 Å². The summed E-state index contributed by atoms with van der Waals surface area (Å²) in [7, 11) is 0. The van der Waals surface area contributed by atoms with Gasteiger partial charge in [-0.1, -0.05) is 0 Å². The zero-order chi connectivity index (χ0) is 12.8. The van der Waals surface area contributed by atoms with Gasteiger partial charge in [0.1, 0.15) is 0 Å². The summed E-state index contributed by atoms with van der Waals surface area (Å²) in [5.41, 5.74) is 0.344. The molecule has 1 aromatic carbocycles. The third kappa shape index (κ3) is 4.19. The Hall–Kier alpha value is -1.36. The van der Waals surface area contributed by atoms with E-state index >= 15 is 0 Å². The van der Waals surface area contributed by atoms with Crippen LogP contribution < -0.4 is 5.32 Å². The SMILES string of the molecule is CSCCC(C)NC(=O)c1ccc(O)c(O)c1. The van der Waals surface area contributed by atoms with Crippen molar-refractivity contribution < 1.29 is 15.0 Å². The van der Waals surface area contributed by atoms with E-state index in [4.69, 9.17) is 5.11 Å². The van der Waals surface area contributed by atoms with Crippen molar-refractivity contribution in [3.63, 3.8) is 0 Å². The van der Waals surface area contributed by atoms with Crippen molar-refractivity contribution in [2.45, 2.75) is 19.4 Å². The molecule has 0 aromatic heterocycles. The first-order valence-corrected chi connectivity index (χ1v) is 6.75. The molecule has 1 unspecified atom stereocenters. The fourth-order valence-corrected chi connectivity index (χ4v) is 1.93. The summed E-state index contributed by atoms with van der Waals surface area (Å²) in [5.74, 6) is 0.239. The Morgan fingerprint density at radius 2 is 2.12 bits per heavy atom. The number of amides is 1. The van der Waals surface area contributed by atoms with Crippen molar-refractivity contribution in [2.75, 3.05) is 12.0 Å². The van der Waals surface area contributed by atoms with Crippen LogP contribution in [0.4, 0.5) is 0 Å². The van der Waals surface area contributed by atoms with Crippen LogP contribution in [0.25, 0.3) is 0 Å². The Morgan fingerprint density at radius 1 is 1.41 bits per heavy atom. The molecule has 0 fully saturated rings. The number of hydrogen-bond donors (Lipinski definition) is 3. The van der Waals surface area contributed by atoms with Crippen molar-refractivity contribution in [3.8, 4) is 11.5 Å². The van der Waals surface area contributed by atoms with Crippen LogP contribution in [-0.4, -0.2) is 34.2 Å². The quantitative estimate of drug-likeness (QED) is 0.704. The van der Waals surface area contributed by atoms with E-state index in [2.05, 4.69) is 5.32 Å². The zero-order valence-corrected chi connectivity index (χ0v) is 10.8. The summed E-state index contributed by atoms with van der Waals surface area (Å²) in [6, 6.07) is 4.12. The number of phenols is 2. The Morgan fingerprint density at radius 3 is 2.71 bits per heavy atom. The lowest BCUT2D eigenvalue weighted by molar-refractivity contribution is 0.0939. The highest BCUT2D eigenvalue weighted by molar-refractivity contribution is 7.98. The molecule has 0 radical (unpaired) electrons. The molecule has 0 heterocycles. The van der Waals surface area contributed by atoms with E-state index in [-0.39, 0.29) is 23.4 Å². The Kier molecular flexibility index (Phi) is 5.15. The molecule has 1 atom stereocenters. The van der Waals surface area contributed by atoms with Crippen LogP contribution in [0.2, 0.25) is 0 Å². The topological polar surface area (TPSA) is 69.6 Å². The first kappa shape index (κ1) is 13.7. The van der Waals surface area contributed by atoms with E-state index in [0.29, 0.717) is 5.56 Å². The van der Waals surface area contributed by atoms with Gasteiger partial charge < -0.3 is 15.5 Å². The van der Waals surface area contributed by atoms with Gasteiger partial charge in [0.2, 0.25) is 0 Å².